The number of hydrazine groups is 1. The van der Waals surface area contributed by atoms with Gasteiger partial charge in [0.05, 0.1) is 11.3 Å². The summed E-state index contributed by atoms with van der Waals surface area (Å²) in [6.07, 6.45) is 1.94. The van der Waals surface area contributed by atoms with Crippen LogP contribution in [-0.4, -0.2) is 6.26 Å². The highest BCUT2D eigenvalue weighted by Gasteiger charge is 2.04. The van der Waals surface area contributed by atoms with Crippen molar-refractivity contribution in [1.29, 1.82) is 5.26 Å². The van der Waals surface area contributed by atoms with Crippen molar-refractivity contribution >= 4 is 17.4 Å². The molecule has 3 nitrogen and oxygen atoms in total. The number of thioether (sulfide) groups is 1. The molecule has 0 fully saturated rings. The Kier molecular flexibility index (Phi) is 2.97. The zero-order valence-corrected chi connectivity index (χ0v) is 7.48. The minimum atomic E-state index is 0.573. The van der Waals surface area contributed by atoms with Gasteiger partial charge in [-0.3, -0.25) is 5.84 Å². The van der Waals surface area contributed by atoms with E-state index < -0.39 is 0 Å². The lowest BCUT2D eigenvalue weighted by Gasteiger charge is -2.06. The van der Waals surface area contributed by atoms with Crippen molar-refractivity contribution in [2.75, 3.05) is 11.7 Å². The highest BCUT2D eigenvalue weighted by molar-refractivity contribution is 7.98. The Balaban J connectivity index is 3.24. The van der Waals surface area contributed by atoms with Crippen LogP contribution < -0.4 is 11.3 Å². The summed E-state index contributed by atoms with van der Waals surface area (Å²) in [6, 6.07) is 7.55. The van der Waals surface area contributed by atoms with Crippen LogP contribution in [0.3, 0.4) is 0 Å². The summed E-state index contributed by atoms with van der Waals surface area (Å²) in [5, 5.41) is 8.71. The molecule has 0 atom stereocenters. The molecule has 0 bridgehead atoms. The van der Waals surface area contributed by atoms with Gasteiger partial charge in [0.2, 0.25) is 0 Å². The van der Waals surface area contributed by atoms with Crippen molar-refractivity contribution < 1.29 is 0 Å². The molecular formula is C8H9N3S. The Morgan fingerprint density at radius 1 is 1.58 bits per heavy atom. The van der Waals surface area contributed by atoms with Gasteiger partial charge in [-0.1, -0.05) is 6.07 Å². The molecule has 1 rings (SSSR count). The summed E-state index contributed by atoms with van der Waals surface area (Å²) in [4.78, 5) is 0.983. The molecule has 0 aliphatic rings. The van der Waals surface area contributed by atoms with E-state index in [-0.39, 0.29) is 0 Å². The Morgan fingerprint density at radius 3 is 2.83 bits per heavy atom. The quantitative estimate of drug-likeness (QED) is 0.411. The second-order valence-corrected chi connectivity index (χ2v) is 2.99. The van der Waals surface area contributed by atoms with E-state index in [1.807, 2.05) is 18.4 Å². The largest absolute Gasteiger partial charge is 0.322 e. The fourth-order valence-corrected chi connectivity index (χ4v) is 1.53. The van der Waals surface area contributed by atoms with Crippen molar-refractivity contribution in [3.8, 4) is 6.07 Å². The number of hydrogen-bond acceptors (Lipinski definition) is 4. The zero-order valence-electron chi connectivity index (χ0n) is 6.66. The summed E-state index contributed by atoms with van der Waals surface area (Å²) in [5.74, 6) is 5.29. The Hall–Kier alpha value is -1.18. The fraction of sp³-hybridized carbons (Fsp3) is 0.125. The number of nitrogen functional groups attached to an aromatic ring is 1. The molecule has 0 radical (unpaired) electrons. The van der Waals surface area contributed by atoms with Crippen molar-refractivity contribution in [3.05, 3.63) is 23.8 Å². The lowest BCUT2D eigenvalue weighted by molar-refractivity contribution is 1.27. The van der Waals surface area contributed by atoms with E-state index >= 15 is 0 Å². The van der Waals surface area contributed by atoms with E-state index in [9.17, 15) is 0 Å². The second-order valence-electron chi connectivity index (χ2n) is 2.14. The average Bonchev–Trinajstić information content (AvgIpc) is 2.16. The first-order valence-electron chi connectivity index (χ1n) is 3.37. The van der Waals surface area contributed by atoms with Crippen molar-refractivity contribution in [2.45, 2.75) is 4.90 Å². The zero-order chi connectivity index (χ0) is 8.97. The maximum Gasteiger partial charge on any atom is 0.101 e. The van der Waals surface area contributed by atoms with E-state index in [2.05, 4.69) is 11.5 Å². The summed E-state index contributed by atoms with van der Waals surface area (Å²) < 4.78 is 0. The summed E-state index contributed by atoms with van der Waals surface area (Å²) in [6.45, 7) is 0. The lowest BCUT2D eigenvalue weighted by atomic mass is 10.2. The Bertz CT molecular complexity index is 317. The monoisotopic (exact) mass is 179 g/mol. The molecule has 1 aromatic carbocycles. The Morgan fingerprint density at radius 2 is 2.33 bits per heavy atom. The molecular weight excluding hydrogens is 170 g/mol. The van der Waals surface area contributed by atoms with Crippen LogP contribution in [-0.2, 0) is 0 Å². The van der Waals surface area contributed by atoms with Gasteiger partial charge in [0, 0.05) is 4.90 Å². The normalized spacial score (nSPS) is 9.08. The molecule has 0 heterocycles. The number of nitrogens with two attached hydrogens (primary N) is 1. The van der Waals surface area contributed by atoms with Gasteiger partial charge >= 0.3 is 0 Å². The minimum Gasteiger partial charge on any atom is -0.322 e. The van der Waals surface area contributed by atoms with E-state index in [4.69, 9.17) is 11.1 Å². The van der Waals surface area contributed by atoms with E-state index in [0.29, 0.717) is 11.3 Å². The van der Waals surface area contributed by atoms with E-state index in [1.54, 1.807) is 17.8 Å². The molecule has 3 N–H and O–H groups in total. The van der Waals surface area contributed by atoms with Crippen LogP contribution >= 0.6 is 11.8 Å². The molecule has 62 valence electrons. The smallest absolute Gasteiger partial charge is 0.101 e. The number of nitriles is 1. The molecule has 0 aromatic heterocycles. The van der Waals surface area contributed by atoms with Crippen LogP contribution in [0.2, 0.25) is 0 Å². The molecule has 0 saturated carbocycles. The predicted octanol–water partition coefficient (Wildman–Crippen LogP) is 1.57. The molecule has 0 unspecified atom stereocenters. The molecule has 0 spiro atoms. The van der Waals surface area contributed by atoms with Gasteiger partial charge in [-0.2, -0.15) is 5.26 Å². The topological polar surface area (TPSA) is 61.8 Å². The van der Waals surface area contributed by atoms with Crippen LogP contribution in [0, 0.1) is 11.3 Å². The molecule has 1 aromatic rings. The van der Waals surface area contributed by atoms with Gasteiger partial charge in [-0.15, -0.1) is 11.8 Å². The van der Waals surface area contributed by atoms with Gasteiger partial charge in [0.25, 0.3) is 0 Å². The highest BCUT2D eigenvalue weighted by atomic mass is 32.2. The minimum absolute atomic E-state index is 0.573. The third-order valence-electron chi connectivity index (χ3n) is 1.51. The van der Waals surface area contributed by atoms with E-state index in [0.717, 1.165) is 4.90 Å². The van der Waals surface area contributed by atoms with Gasteiger partial charge in [-0.25, -0.2) is 0 Å². The standard InChI is InChI=1S/C8H9N3S/c1-12-7-4-2-3-6(5-9)8(7)11-10/h2-4,11H,10H2,1H3. The lowest BCUT2D eigenvalue weighted by Crippen LogP contribution is -2.09. The van der Waals surface area contributed by atoms with Gasteiger partial charge in [-0.05, 0) is 18.4 Å². The van der Waals surface area contributed by atoms with Crippen molar-refractivity contribution in [3.63, 3.8) is 0 Å². The van der Waals surface area contributed by atoms with Crippen molar-refractivity contribution in [2.24, 2.45) is 5.84 Å². The molecule has 0 aliphatic carbocycles. The van der Waals surface area contributed by atoms with Gasteiger partial charge in [0.15, 0.2) is 0 Å². The average molecular weight is 179 g/mol. The summed E-state index contributed by atoms with van der Waals surface area (Å²) >= 11 is 1.56. The highest BCUT2D eigenvalue weighted by Crippen LogP contribution is 2.27. The molecule has 0 saturated heterocycles. The van der Waals surface area contributed by atoms with Crippen LogP contribution in [0.25, 0.3) is 0 Å². The van der Waals surface area contributed by atoms with Gasteiger partial charge in [0.1, 0.15) is 6.07 Å². The fourth-order valence-electron chi connectivity index (χ4n) is 0.943. The predicted molar refractivity (Wildman–Crippen MR) is 50.7 cm³/mol. The van der Waals surface area contributed by atoms with Crippen LogP contribution in [0.1, 0.15) is 5.56 Å². The number of benzene rings is 1. The number of nitrogens with zero attached hydrogens (tertiary/aromatic N) is 1. The molecule has 0 aliphatic heterocycles. The number of rotatable bonds is 2. The first-order chi connectivity index (χ1) is 5.83. The number of nitrogens with one attached hydrogen (secondary N) is 1. The van der Waals surface area contributed by atoms with E-state index in [1.165, 1.54) is 0 Å². The van der Waals surface area contributed by atoms with Crippen LogP contribution in [0.5, 0.6) is 0 Å². The third-order valence-corrected chi connectivity index (χ3v) is 2.29. The molecule has 12 heavy (non-hydrogen) atoms. The van der Waals surface area contributed by atoms with Crippen LogP contribution in [0.15, 0.2) is 23.1 Å². The molecule has 4 heteroatoms. The Labute approximate surface area is 75.5 Å². The van der Waals surface area contributed by atoms with Crippen molar-refractivity contribution in [1.82, 2.24) is 0 Å². The summed E-state index contributed by atoms with van der Waals surface area (Å²) in [5.41, 5.74) is 3.80. The van der Waals surface area contributed by atoms with Gasteiger partial charge < -0.3 is 5.43 Å². The second kappa shape index (κ2) is 4.00. The maximum atomic E-state index is 8.71. The number of anilines is 1. The first kappa shape index (κ1) is 8.91. The summed E-state index contributed by atoms with van der Waals surface area (Å²) in [7, 11) is 0. The number of hydrogen-bond donors (Lipinski definition) is 2. The third kappa shape index (κ3) is 1.52. The van der Waals surface area contributed by atoms with Crippen LogP contribution in [0.4, 0.5) is 5.69 Å². The first-order valence-corrected chi connectivity index (χ1v) is 4.59. The molecule has 0 amide bonds. The number of para-hydroxylation sites is 1. The maximum absolute atomic E-state index is 8.71. The SMILES string of the molecule is CSc1cccc(C#N)c1NN.